The van der Waals surface area contributed by atoms with E-state index in [0.29, 0.717) is 22.4 Å². The van der Waals surface area contributed by atoms with Crippen LogP contribution in [0.3, 0.4) is 0 Å². The third-order valence-electron chi connectivity index (χ3n) is 4.13. The smallest absolute Gasteiger partial charge is 0.314 e. The van der Waals surface area contributed by atoms with E-state index in [1.165, 1.54) is 10.5 Å². The molecule has 24 heavy (non-hydrogen) atoms. The Morgan fingerprint density at radius 2 is 1.92 bits per heavy atom. The number of hydrogen-bond donors (Lipinski definition) is 2. The van der Waals surface area contributed by atoms with Crippen molar-refractivity contribution in [2.45, 2.75) is 13.0 Å². The van der Waals surface area contributed by atoms with Crippen LogP contribution in [0.2, 0.25) is 10.0 Å². The number of rotatable bonds is 3. The number of anilines is 1. The van der Waals surface area contributed by atoms with Gasteiger partial charge in [-0.1, -0.05) is 53.5 Å². The van der Waals surface area contributed by atoms with E-state index < -0.39 is 0 Å². The summed E-state index contributed by atoms with van der Waals surface area (Å²) in [5, 5.41) is 3.81. The first-order chi connectivity index (χ1) is 11.6. The molecule has 1 aliphatic rings. The van der Waals surface area contributed by atoms with Gasteiger partial charge in [0.2, 0.25) is 0 Å². The molecule has 3 rings (SSSR count). The van der Waals surface area contributed by atoms with Crippen LogP contribution in [0.25, 0.3) is 0 Å². The second kappa shape index (κ2) is 7.88. The van der Waals surface area contributed by atoms with E-state index in [0.717, 1.165) is 26.1 Å². The average molecular weight is 365 g/mol. The highest BCUT2D eigenvalue weighted by atomic mass is 35.5. The van der Waals surface area contributed by atoms with E-state index in [1.54, 1.807) is 18.2 Å². The summed E-state index contributed by atoms with van der Waals surface area (Å²) in [6, 6.07) is 15.4. The number of amides is 2. The van der Waals surface area contributed by atoms with Gasteiger partial charge in [0.15, 0.2) is 6.67 Å². The molecular formula is C18H20Cl2N3O+. The van der Waals surface area contributed by atoms with Crippen LogP contribution in [0.5, 0.6) is 0 Å². The van der Waals surface area contributed by atoms with Gasteiger partial charge in [-0.15, -0.1) is 0 Å². The normalized spacial score (nSPS) is 17.6. The lowest BCUT2D eigenvalue weighted by Gasteiger charge is -2.32. The zero-order valence-electron chi connectivity index (χ0n) is 13.3. The predicted molar refractivity (Wildman–Crippen MR) is 97.6 cm³/mol. The molecule has 0 aliphatic carbocycles. The lowest BCUT2D eigenvalue weighted by atomic mass is 10.2. The van der Waals surface area contributed by atoms with Crippen molar-refractivity contribution in [3.63, 3.8) is 0 Å². The molecule has 1 aliphatic heterocycles. The maximum Gasteiger partial charge on any atom is 0.326 e. The van der Waals surface area contributed by atoms with Crippen molar-refractivity contribution in [1.29, 1.82) is 0 Å². The number of urea groups is 1. The Balaban J connectivity index is 1.59. The number of carbonyl (C=O) groups excluding carboxylic acids is 1. The van der Waals surface area contributed by atoms with Gasteiger partial charge >= 0.3 is 6.03 Å². The van der Waals surface area contributed by atoms with Gasteiger partial charge in [-0.2, -0.15) is 0 Å². The summed E-state index contributed by atoms with van der Waals surface area (Å²) < 4.78 is 0. The molecule has 1 saturated heterocycles. The summed E-state index contributed by atoms with van der Waals surface area (Å²) >= 11 is 11.9. The van der Waals surface area contributed by atoms with Crippen molar-refractivity contribution < 1.29 is 9.69 Å². The number of halogens is 2. The van der Waals surface area contributed by atoms with Crippen LogP contribution in [0.15, 0.2) is 48.5 Å². The minimum absolute atomic E-state index is 0.0985. The zero-order chi connectivity index (χ0) is 16.9. The average Bonchev–Trinajstić information content (AvgIpc) is 2.59. The largest absolute Gasteiger partial charge is 0.326 e. The third-order valence-corrected chi connectivity index (χ3v) is 4.87. The molecule has 2 aromatic rings. The van der Waals surface area contributed by atoms with Crippen LogP contribution in [0.1, 0.15) is 12.0 Å². The van der Waals surface area contributed by atoms with Crippen LogP contribution < -0.4 is 10.2 Å². The molecule has 2 amide bonds. The Hall–Kier alpha value is -1.75. The van der Waals surface area contributed by atoms with Gasteiger partial charge in [0.25, 0.3) is 0 Å². The topological polar surface area (TPSA) is 36.8 Å². The first-order valence-corrected chi connectivity index (χ1v) is 8.76. The second-order valence-corrected chi connectivity index (χ2v) is 6.81. The minimum Gasteiger partial charge on any atom is -0.314 e. The number of nitrogens with zero attached hydrogens (tertiary/aromatic N) is 1. The van der Waals surface area contributed by atoms with Crippen LogP contribution >= 0.6 is 23.2 Å². The fourth-order valence-electron chi connectivity index (χ4n) is 2.93. The van der Waals surface area contributed by atoms with Crippen LogP contribution in [0.4, 0.5) is 10.5 Å². The molecule has 0 spiro atoms. The van der Waals surface area contributed by atoms with Gasteiger partial charge in [-0.3, -0.25) is 4.90 Å². The number of nitrogens with one attached hydrogen (secondary N) is 2. The molecule has 1 fully saturated rings. The summed E-state index contributed by atoms with van der Waals surface area (Å²) in [6.45, 7) is 3.47. The van der Waals surface area contributed by atoms with E-state index >= 15 is 0 Å². The molecule has 4 nitrogen and oxygen atoms in total. The highest BCUT2D eigenvalue weighted by Crippen LogP contribution is 2.25. The summed E-state index contributed by atoms with van der Waals surface area (Å²) in [4.78, 5) is 15.7. The van der Waals surface area contributed by atoms with E-state index in [9.17, 15) is 4.79 Å². The molecule has 0 saturated carbocycles. The molecule has 6 heteroatoms. The van der Waals surface area contributed by atoms with Crippen molar-refractivity contribution in [3.8, 4) is 0 Å². The van der Waals surface area contributed by atoms with Crippen LogP contribution in [-0.4, -0.2) is 30.7 Å². The van der Waals surface area contributed by atoms with Crippen molar-refractivity contribution in [2.24, 2.45) is 0 Å². The summed E-state index contributed by atoms with van der Waals surface area (Å²) in [5.41, 5.74) is 1.95. The Morgan fingerprint density at radius 3 is 2.67 bits per heavy atom. The van der Waals surface area contributed by atoms with Crippen molar-refractivity contribution in [1.82, 2.24) is 4.90 Å². The maximum absolute atomic E-state index is 12.5. The van der Waals surface area contributed by atoms with Crippen molar-refractivity contribution in [2.75, 3.05) is 25.1 Å². The summed E-state index contributed by atoms with van der Waals surface area (Å²) in [6.07, 6.45) is 0.997. The van der Waals surface area contributed by atoms with Crippen LogP contribution in [0, 0.1) is 0 Å². The van der Waals surface area contributed by atoms with Crippen molar-refractivity contribution in [3.05, 3.63) is 64.1 Å². The lowest BCUT2D eigenvalue weighted by Crippen LogP contribution is -3.13. The van der Waals surface area contributed by atoms with E-state index in [2.05, 4.69) is 17.4 Å². The highest BCUT2D eigenvalue weighted by molar-refractivity contribution is 6.42. The molecule has 0 aromatic heterocycles. The fraction of sp³-hybridized carbons (Fsp3) is 0.278. The standard InChI is InChI=1S/C18H19Cl2N3O/c19-16-8-7-15(11-17(16)20)21-18(24)23-10-4-9-22(13-23)12-14-5-2-1-3-6-14/h1-3,5-8,11H,4,9-10,12-13H2,(H,21,24)/p+1. The first kappa shape index (κ1) is 17.1. The highest BCUT2D eigenvalue weighted by Gasteiger charge is 2.24. The maximum atomic E-state index is 12.5. The van der Waals surface area contributed by atoms with Gasteiger partial charge in [0.1, 0.15) is 6.54 Å². The third kappa shape index (κ3) is 4.41. The van der Waals surface area contributed by atoms with Gasteiger partial charge in [-0.25, -0.2) is 4.79 Å². The Morgan fingerprint density at radius 1 is 1.12 bits per heavy atom. The van der Waals surface area contributed by atoms with Crippen LogP contribution in [-0.2, 0) is 6.54 Å². The SMILES string of the molecule is O=C(Nc1ccc(Cl)c(Cl)c1)N1CCC[NH+](Cc2ccccc2)C1. The lowest BCUT2D eigenvalue weighted by molar-refractivity contribution is -0.927. The number of carbonyl (C=O) groups is 1. The predicted octanol–water partition coefficient (Wildman–Crippen LogP) is 3.27. The number of benzene rings is 2. The molecule has 2 N–H and O–H groups in total. The molecule has 126 valence electrons. The molecule has 1 atom stereocenters. The fourth-order valence-corrected chi connectivity index (χ4v) is 3.22. The van der Waals surface area contributed by atoms with Gasteiger partial charge in [-0.05, 0) is 18.2 Å². The molecule has 0 bridgehead atoms. The van der Waals surface area contributed by atoms with E-state index in [4.69, 9.17) is 23.2 Å². The van der Waals surface area contributed by atoms with E-state index in [-0.39, 0.29) is 6.03 Å². The first-order valence-electron chi connectivity index (χ1n) is 8.00. The Labute approximate surface area is 152 Å². The molecular weight excluding hydrogens is 345 g/mol. The van der Waals surface area contributed by atoms with Crippen molar-refractivity contribution >= 4 is 34.9 Å². The summed E-state index contributed by atoms with van der Waals surface area (Å²) in [5.74, 6) is 0. The zero-order valence-corrected chi connectivity index (χ0v) is 14.8. The monoisotopic (exact) mass is 364 g/mol. The number of hydrogen-bond acceptors (Lipinski definition) is 1. The second-order valence-electron chi connectivity index (χ2n) is 6.00. The van der Waals surface area contributed by atoms with Gasteiger partial charge in [0.05, 0.1) is 16.6 Å². The molecule has 1 heterocycles. The van der Waals surface area contributed by atoms with Gasteiger partial charge in [0, 0.05) is 24.2 Å². The molecule has 2 aromatic carbocycles. The number of quaternary nitrogens is 1. The Bertz CT molecular complexity index is 709. The van der Waals surface area contributed by atoms with Gasteiger partial charge < -0.3 is 10.2 Å². The minimum atomic E-state index is -0.0985. The quantitative estimate of drug-likeness (QED) is 0.861. The summed E-state index contributed by atoms with van der Waals surface area (Å²) in [7, 11) is 0. The Kier molecular flexibility index (Phi) is 5.61. The molecule has 0 radical (unpaired) electrons. The van der Waals surface area contributed by atoms with E-state index in [1.807, 2.05) is 23.1 Å². The molecule has 1 unspecified atom stereocenters.